The van der Waals surface area contributed by atoms with Gasteiger partial charge in [-0.3, -0.25) is 5.10 Å². The van der Waals surface area contributed by atoms with Gasteiger partial charge in [0.05, 0.1) is 6.61 Å². The van der Waals surface area contributed by atoms with E-state index in [0.29, 0.717) is 5.92 Å². The Balaban J connectivity index is 1.69. The number of hydrogen-bond acceptors (Lipinski definition) is 4. The smallest absolute Gasteiger partial charge is 0.208 e. The maximum Gasteiger partial charge on any atom is 0.208 e. The van der Waals surface area contributed by atoms with Crippen LogP contribution in [0, 0.1) is 5.92 Å². The third-order valence-electron chi connectivity index (χ3n) is 3.01. The van der Waals surface area contributed by atoms with E-state index in [4.69, 9.17) is 4.74 Å². The number of aromatic nitrogens is 3. The molecule has 0 bridgehead atoms. The largest absolute Gasteiger partial charge is 0.381 e. The monoisotopic (exact) mass is 317 g/mol. The lowest BCUT2D eigenvalue weighted by molar-refractivity contribution is 0.138. The number of ether oxygens (including phenoxy) is 1. The first-order valence-corrected chi connectivity index (χ1v) is 8.58. The van der Waals surface area contributed by atoms with Crippen molar-refractivity contribution >= 4 is 23.9 Å². The average Bonchev–Trinajstić information content (AvgIpc) is 2.97. The number of thioether (sulfide) groups is 1. The fourth-order valence-corrected chi connectivity index (χ4v) is 2.41. The summed E-state index contributed by atoms with van der Waals surface area (Å²) in [7, 11) is 0. The van der Waals surface area contributed by atoms with Gasteiger partial charge >= 0.3 is 0 Å². The Labute approximate surface area is 136 Å². The van der Waals surface area contributed by atoms with Crippen molar-refractivity contribution in [2.24, 2.45) is 5.92 Å². The highest BCUT2D eigenvalue weighted by Crippen LogP contribution is 2.13. The van der Waals surface area contributed by atoms with E-state index in [1.807, 2.05) is 30.4 Å². The first-order chi connectivity index (χ1) is 10.7. The number of rotatable bonds is 9. The fraction of sp³-hybridized carbons (Fsp3) is 0.412. The molecule has 0 amide bonds. The highest BCUT2D eigenvalue weighted by Gasteiger charge is 2.01. The third kappa shape index (κ3) is 6.45. The van der Waals surface area contributed by atoms with E-state index in [1.54, 1.807) is 11.8 Å². The standard InChI is InChI=1S/C17H23N3OS/c1-14(2)10-11-21-12-13-22-17-18-16(19-20-17)9-8-15-6-4-3-5-7-15/h3-9,14H,10-13H2,1-2H3,(H,18,19,20)/b9-8+. The third-order valence-corrected chi connectivity index (χ3v) is 3.83. The average molecular weight is 317 g/mol. The van der Waals surface area contributed by atoms with Gasteiger partial charge in [-0.2, -0.15) is 0 Å². The molecule has 0 saturated heterocycles. The number of hydrogen-bond donors (Lipinski definition) is 1. The summed E-state index contributed by atoms with van der Waals surface area (Å²) in [4.78, 5) is 4.43. The van der Waals surface area contributed by atoms with Crippen molar-refractivity contribution in [1.29, 1.82) is 0 Å². The van der Waals surface area contributed by atoms with Crippen LogP contribution in [0.15, 0.2) is 35.5 Å². The minimum atomic E-state index is 0.694. The van der Waals surface area contributed by atoms with Crippen LogP contribution in [0.1, 0.15) is 31.7 Å². The molecular weight excluding hydrogens is 294 g/mol. The second kappa shape index (κ2) is 9.43. The lowest BCUT2D eigenvalue weighted by Gasteiger charge is -2.04. The molecule has 0 spiro atoms. The molecular formula is C17H23N3OS. The highest BCUT2D eigenvalue weighted by molar-refractivity contribution is 7.99. The summed E-state index contributed by atoms with van der Waals surface area (Å²) in [6.45, 7) is 5.98. The molecule has 5 heteroatoms. The summed E-state index contributed by atoms with van der Waals surface area (Å²) in [5.41, 5.74) is 1.15. The van der Waals surface area contributed by atoms with Gasteiger partial charge in [0, 0.05) is 12.4 Å². The molecule has 118 valence electrons. The minimum absolute atomic E-state index is 0.694. The van der Waals surface area contributed by atoms with Crippen LogP contribution in [-0.2, 0) is 4.74 Å². The number of benzene rings is 1. The Morgan fingerprint density at radius 3 is 2.77 bits per heavy atom. The van der Waals surface area contributed by atoms with Gasteiger partial charge in [0.15, 0.2) is 0 Å². The minimum Gasteiger partial charge on any atom is -0.381 e. The van der Waals surface area contributed by atoms with Crippen LogP contribution in [-0.4, -0.2) is 34.1 Å². The van der Waals surface area contributed by atoms with Gasteiger partial charge in [0.2, 0.25) is 5.16 Å². The van der Waals surface area contributed by atoms with Crippen molar-refractivity contribution in [3.8, 4) is 0 Å². The van der Waals surface area contributed by atoms with E-state index in [9.17, 15) is 0 Å². The van der Waals surface area contributed by atoms with Crippen molar-refractivity contribution in [3.05, 3.63) is 41.7 Å². The van der Waals surface area contributed by atoms with Crippen LogP contribution in [0.4, 0.5) is 0 Å². The van der Waals surface area contributed by atoms with Gasteiger partial charge in [-0.05, 0) is 24.0 Å². The zero-order chi connectivity index (χ0) is 15.6. The molecule has 0 fully saturated rings. The molecule has 2 aromatic rings. The Hall–Kier alpha value is -1.59. The number of aromatic amines is 1. The Kier molecular flexibility index (Phi) is 7.19. The van der Waals surface area contributed by atoms with Crippen molar-refractivity contribution in [2.45, 2.75) is 25.4 Å². The van der Waals surface area contributed by atoms with E-state index in [2.05, 4.69) is 41.2 Å². The van der Waals surface area contributed by atoms with Gasteiger partial charge in [-0.15, -0.1) is 5.10 Å². The lowest BCUT2D eigenvalue weighted by Crippen LogP contribution is -2.02. The van der Waals surface area contributed by atoms with Gasteiger partial charge < -0.3 is 4.74 Å². The molecule has 0 radical (unpaired) electrons. The SMILES string of the molecule is CC(C)CCOCCSc1n[nH]c(/C=C/c2ccccc2)n1. The summed E-state index contributed by atoms with van der Waals surface area (Å²) in [6, 6.07) is 10.1. The van der Waals surface area contributed by atoms with Gasteiger partial charge in [-0.1, -0.05) is 62.0 Å². The predicted octanol–water partition coefficient (Wildman–Crippen LogP) is 4.13. The topological polar surface area (TPSA) is 50.8 Å². The van der Waals surface area contributed by atoms with E-state index < -0.39 is 0 Å². The normalized spacial score (nSPS) is 11.6. The van der Waals surface area contributed by atoms with Crippen LogP contribution in [0.3, 0.4) is 0 Å². The molecule has 1 heterocycles. The Bertz CT molecular complexity index is 566. The molecule has 0 atom stereocenters. The van der Waals surface area contributed by atoms with Crippen LogP contribution < -0.4 is 0 Å². The molecule has 0 aliphatic heterocycles. The number of H-pyrrole nitrogens is 1. The summed E-state index contributed by atoms with van der Waals surface area (Å²) >= 11 is 1.61. The zero-order valence-electron chi connectivity index (χ0n) is 13.2. The van der Waals surface area contributed by atoms with Crippen molar-refractivity contribution in [3.63, 3.8) is 0 Å². The Morgan fingerprint density at radius 1 is 1.18 bits per heavy atom. The van der Waals surface area contributed by atoms with Crippen LogP contribution in [0.25, 0.3) is 12.2 Å². The van der Waals surface area contributed by atoms with Crippen molar-refractivity contribution < 1.29 is 4.74 Å². The van der Waals surface area contributed by atoms with Crippen LogP contribution >= 0.6 is 11.8 Å². The molecule has 0 aliphatic carbocycles. The van der Waals surface area contributed by atoms with Gasteiger partial charge in [0.1, 0.15) is 5.82 Å². The van der Waals surface area contributed by atoms with Crippen molar-refractivity contribution in [2.75, 3.05) is 19.0 Å². The van der Waals surface area contributed by atoms with Crippen LogP contribution in [0.5, 0.6) is 0 Å². The summed E-state index contributed by atoms with van der Waals surface area (Å²) in [5, 5.41) is 7.89. The molecule has 1 aromatic carbocycles. The highest BCUT2D eigenvalue weighted by atomic mass is 32.2. The molecule has 2 rings (SSSR count). The zero-order valence-corrected chi connectivity index (χ0v) is 14.0. The first-order valence-electron chi connectivity index (χ1n) is 7.60. The molecule has 0 aliphatic rings. The maximum absolute atomic E-state index is 5.58. The Morgan fingerprint density at radius 2 is 2.00 bits per heavy atom. The molecule has 0 unspecified atom stereocenters. The van der Waals surface area contributed by atoms with Crippen LogP contribution in [0.2, 0.25) is 0 Å². The quantitative estimate of drug-likeness (QED) is 0.558. The number of nitrogens with one attached hydrogen (secondary N) is 1. The van der Waals surface area contributed by atoms with E-state index >= 15 is 0 Å². The van der Waals surface area contributed by atoms with Crippen molar-refractivity contribution in [1.82, 2.24) is 15.2 Å². The summed E-state index contributed by atoms with van der Waals surface area (Å²) in [6.07, 6.45) is 5.06. The second-order valence-electron chi connectivity index (χ2n) is 5.39. The van der Waals surface area contributed by atoms with E-state index in [0.717, 1.165) is 41.9 Å². The predicted molar refractivity (Wildman–Crippen MR) is 92.8 cm³/mol. The number of nitrogens with zero attached hydrogens (tertiary/aromatic N) is 2. The molecule has 1 N–H and O–H groups in total. The lowest BCUT2D eigenvalue weighted by atomic mass is 10.1. The summed E-state index contributed by atoms with van der Waals surface area (Å²) < 4.78 is 5.58. The van der Waals surface area contributed by atoms with Gasteiger partial charge in [0.25, 0.3) is 0 Å². The first kappa shape index (κ1) is 16.8. The molecule has 1 aromatic heterocycles. The fourth-order valence-electron chi connectivity index (χ4n) is 1.75. The van der Waals surface area contributed by atoms with E-state index in [1.165, 1.54) is 0 Å². The molecule has 22 heavy (non-hydrogen) atoms. The molecule has 0 saturated carbocycles. The molecule has 4 nitrogen and oxygen atoms in total. The van der Waals surface area contributed by atoms with E-state index in [-0.39, 0.29) is 0 Å². The second-order valence-corrected chi connectivity index (χ2v) is 6.45. The van der Waals surface area contributed by atoms with Gasteiger partial charge in [-0.25, -0.2) is 4.98 Å². The maximum atomic E-state index is 5.58. The summed E-state index contributed by atoms with van der Waals surface area (Å²) in [5.74, 6) is 2.34.